The van der Waals surface area contributed by atoms with Crippen LogP contribution >= 0.6 is 0 Å². The Morgan fingerprint density at radius 1 is 1.40 bits per heavy atom. The summed E-state index contributed by atoms with van der Waals surface area (Å²) in [4.78, 5) is 13.7. The van der Waals surface area contributed by atoms with Crippen molar-refractivity contribution in [2.24, 2.45) is 0 Å². The molecule has 3 N–H and O–H groups in total. The molecular formula is C13H15F3N2O2. The van der Waals surface area contributed by atoms with E-state index >= 15 is 0 Å². The fraction of sp³-hybridized carbons (Fsp3) is 0.462. The lowest BCUT2D eigenvalue weighted by Gasteiger charge is -2.22. The van der Waals surface area contributed by atoms with E-state index in [1.807, 2.05) is 0 Å². The molecule has 20 heavy (non-hydrogen) atoms. The van der Waals surface area contributed by atoms with Crippen molar-refractivity contribution in [2.75, 3.05) is 18.9 Å². The predicted molar refractivity (Wildman–Crippen MR) is 67.0 cm³/mol. The molecule has 110 valence electrons. The number of anilines is 1. The fourth-order valence-electron chi connectivity index (χ4n) is 2.02. The highest BCUT2D eigenvalue weighted by atomic mass is 19.4. The van der Waals surface area contributed by atoms with E-state index < -0.39 is 17.6 Å². The van der Waals surface area contributed by atoms with Crippen LogP contribution in [0.1, 0.15) is 28.8 Å². The number of carbonyl (C=O) groups is 1. The number of aliphatic hydroxyl groups excluding tert-OH is 1. The fourth-order valence-corrected chi connectivity index (χ4v) is 2.02. The van der Waals surface area contributed by atoms with Crippen molar-refractivity contribution >= 4 is 11.6 Å². The van der Waals surface area contributed by atoms with E-state index in [0.29, 0.717) is 0 Å². The van der Waals surface area contributed by atoms with Crippen molar-refractivity contribution in [2.45, 2.75) is 25.1 Å². The van der Waals surface area contributed by atoms with Gasteiger partial charge in [0.15, 0.2) is 0 Å². The Balaban J connectivity index is 2.32. The van der Waals surface area contributed by atoms with E-state index in [1.54, 1.807) is 0 Å². The first-order valence-electron chi connectivity index (χ1n) is 6.23. The van der Waals surface area contributed by atoms with Gasteiger partial charge in [0.25, 0.3) is 5.91 Å². The molecule has 1 amide bonds. The van der Waals surface area contributed by atoms with Crippen LogP contribution in [0.25, 0.3) is 0 Å². The summed E-state index contributed by atoms with van der Waals surface area (Å²) in [7, 11) is 0. The lowest BCUT2D eigenvalue weighted by molar-refractivity contribution is -0.137. The van der Waals surface area contributed by atoms with Crippen LogP contribution in [-0.2, 0) is 6.18 Å². The molecule has 1 saturated carbocycles. The monoisotopic (exact) mass is 288 g/mol. The molecule has 4 nitrogen and oxygen atoms in total. The Morgan fingerprint density at radius 3 is 2.55 bits per heavy atom. The molecule has 0 atom stereocenters. The molecule has 0 heterocycles. The summed E-state index contributed by atoms with van der Waals surface area (Å²) in [6.07, 6.45) is -2.93. The van der Waals surface area contributed by atoms with E-state index in [9.17, 15) is 18.0 Å². The molecule has 1 aliphatic rings. The molecule has 0 aromatic heterocycles. The predicted octanol–water partition coefficient (Wildman–Crippen LogP) is 1.88. The number of benzene rings is 1. The van der Waals surface area contributed by atoms with Crippen LogP contribution in [0.4, 0.5) is 18.9 Å². The largest absolute Gasteiger partial charge is 0.416 e. The minimum atomic E-state index is -4.52. The van der Waals surface area contributed by atoms with Crippen LogP contribution in [-0.4, -0.2) is 35.1 Å². The minimum Gasteiger partial charge on any atom is -0.398 e. The Kier molecular flexibility index (Phi) is 3.89. The third kappa shape index (κ3) is 3.04. The summed E-state index contributed by atoms with van der Waals surface area (Å²) in [5.74, 6) is -0.565. The first kappa shape index (κ1) is 14.6. The van der Waals surface area contributed by atoms with Crippen molar-refractivity contribution in [1.29, 1.82) is 0 Å². The second-order valence-electron chi connectivity index (χ2n) is 4.75. The van der Waals surface area contributed by atoms with Crippen molar-refractivity contribution in [3.05, 3.63) is 29.3 Å². The highest BCUT2D eigenvalue weighted by Crippen LogP contribution is 2.33. The number of rotatable bonds is 4. The molecule has 0 saturated heterocycles. The highest BCUT2D eigenvalue weighted by molar-refractivity contribution is 5.99. The number of hydrogen-bond donors (Lipinski definition) is 2. The second kappa shape index (κ2) is 5.32. The summed E-state index contributed by atoms with van der Waals surface area (Å²) in [5, 5.41) is 8.96. The number of carbonyl (C=O) groups excluding carboxylic acids is 1. The van der Waals surface area contributed by atoms with Crippen LogP contribution in [0.15, 0.2) is 18.2 Å². The molecule has 7 heteroatoms. The lowest BCUT2D eigenvalue weighted by Crippen LogP contribution is -2.36. The summed E-state index contributed by atoms with van der Waals surface area (Å²) < 4.78 is 38.0. The third-order valence-electron chi connectivity index (χ3n) is 3.20. The maximum absolute atomic E-state index is 12.7. The normalized spacial score (nSPS) is 15.2. The second-order valence-corrected chi connectivity index (χ2v) is 4.75. The van der Waals surface area contributed by atoms with Gasteiger partial charge >= 0.3 is 6.18 Å². The van der Waals surface area contributed by atoms with Gasteiger partial charge in [-0.25, -0.2) is 0 Å². The number of nitrogens with two attached hydrogens (primary N) is 1. The number of amides is 1. The minimum absolute atomic E-state index is 0.00610. The summed E-state index contributed by atoms with van der Waals surface area (Å²) in [6, 6.07) is 2.69. The van der Waals surface area contributed by atoms with Crippen molar-refractivity contribution in [1.82, 2.24) is 4.90 Å². The number of nitrogens with zero attached hydrogens (tertiary/aromatic N) is 1. The summed E-state index contributed by atoms with van der Waals surface area (Å²) in [6.45, 7) is -0.139. The molecule has 2 rings (SSSR count). The average molecular weight is 288 g/mol. The van der Waals surface area contributed by atoms with Gasteiger partial charge in [-0.05, 0) is 31.0 Å². The maximum Gasteiger partial charge on any atom is 0.416 e. The highest BCUT2D eigenvalue weighted by Gasteiger charge is 2.35. The van der Waals surface area contributed by atoms with Gasteiger partial charge in [0.05, 0.1) is 17.7 Å². The number of halogens is 3. The van der Waals surface area contributed by atoms with E-state index in [4.69, 9.17) is 10.8 Å². The smallest absolute Gasteiger partial charge is 0.398 e. The maximum atomic E-state index is 12.7. The summed E-state index contributed by atoms with van der Waals surface area (Å²) >= 11 is 0. The van der Waals surface area contributed by atoms with Crippen molar-refractivity contribution < 1.29 is 23.1 Å². The molecule has 0 spiro atoms. The molecule has 0 aliphatic heterocycles. The van der Waals surface area contributed by atoms with E-state index in [-0.39, 0.29) is 30.4 Å². The van der Waals surface area contributed by atoms with Crippen molar-refractivity contribution in [3.8, 4) is 0 Å². The lowest BCUT2D eigenvalue weighted by atomic mass is 10.1. The molecule has 0 radical (unpaired) electrons. The Labute approximate surface area is 114 Å². The van der Waals surface area contributed by atoms with Crippen LogP contribution in [0.3, 0.4) is 0 Å². The molecule has 1 aromatic rings. The van der Waals surface area contributed by atoms with Gasteiger partial charge in [-0.15, -0.1) is 0 Å². The van der Waals surface area contributed by atoms with E-state index in [2.05, 4.69) is 0 Å². The molecule has 0 bridgehead atoms. The van der Waals surface area contributed by atoms with Crippen LogP contribution in [0.5, 0.6) is 0 Å². The number of hydrogen-bond acceptors (Lipinski definition) is 3. The van der Waals surface area contributed by atoms with Gasteiger partial charge in [0, 0.05) is 18.3 Å². The quantitative estimate of drug-likeness (QED) is 0.831. The van der Waals surface area contributed by atoms with Gasteiger partial charge in [-0.3, -0.25) is 4.79 Å². The van der Waals surface area contributed by atoms with E-state index in [0.717, 1.165) is 31.0 Å². The van der Waals surface area contributed by atoms with Crippen molar-refractivity contribution in [3.63, 3.8) is 0 Å². The van der Waals surface area contributed by atoms with Crippen LogP contribution in [0, 0.1) is 0 Å². The standard InChI is InChI=1S/C13H15F3N2O2/c14-13(15,16)8-1-4-11(17)10(7-8)12(20)18(5-6-19)9-2-3-9/h1,4,7,9,19H,2-3,5-6,17H2. The van der Waals surface area contributed by atoms with E-state index in [1.165, 1.54) is 4.90 Å². The number of alkyl halides is 3. The molecule has 1 fully saturated rings. The molecular weight excluding hydrogens is 273 g/mol. The third-order valence-corrected chi connectivity index (χ3v) is 3.20. The van der Waals surface area contributed by atoms with Gasteiger partial charge < -0.3 is 15.7 Å². The zero-order valence-corrected chi connectivity index (χ0v) is 10.7. The first-order valence-corrected chi connectivity index (χ1v) is 6.23. The zero-order valence-electron chi connectivity index (χ0n) is 10.7. The first-order chi connectivity index (χ1) is 9.34. The average Bonchev–Trinajstić information content (AvgIpc) is 3.18. The zero-order chi connectivity index (χ0) is 14.9. The van der Waals surface area contributed by atoms with Gasteiger partial charge in [-0.1, -0.05) is 0 Å². The summed E-state index contributed by atoms with van der Waals surface area (Å²) in [5.41, 5.74) is 4.54. The Bertz CT molecular complexity index is 513. The SMILES string of the molecule is Nc1ccc(C(F)(F)F)cc1C(=O)N(CCO)C1CC1. The van der Waals surface area contributed by atoms with Crippen LogP contribution in [0.2, 0.25) is 0 Å². The molecule has 0 unspecified atom stereocenters. The number of nitrogen functional groups attached to an aromatic ring is 1. The van der Waals surface area contributed by atoms with Gasteiger partial charge in [-0.2, -0.15) is 13.2 Å². The number of aliphatic hydroxyl groups is 1. The molecule has 1 aliphatic carbocycles. The Hall–Kier alpha value is -1.76. The Morgan fingerprint density at radius 2 is 2.05 bits per heavy atom. The topological polar surface area (TPSA) is 66.6 Å². The van der Waals surface area contributed by atoms with Gasteiger partial charge in [0.1, 0.15) is 0 Å². The van der Waals surface area contributed by atoms with Crippen LogP contribution < -0.4 is 5.73 Å². The molecule has 1 aromatic carbocycles. The van der Waals surface area contributed by atoms with Gasteiger partial charge in [0.2, 0.25) is 0 Å².